The van der Waals surface area contributed by atoms with Crippen molar-refractivity contribution in [3.05, 3.63) is 59.4 Å². The van der Waals surface area contributed by atoms with Crippen LogP contribution in [0.25, 0.3) is 10.8 Å². The molecule has 1 unspecified atom stereocenters. The van der Waals surface area contributed by atoms with Gasteiger partial charge in [0.05, 0.1) is 18.8 Å². The number of amides is 3. The van der Waals surface area contributed by atoms with Gasteiger partial charge in [0, 0.05) is 49.6 Å². The minimum atomic E-state index is -1.86. The number of rotatable bonds is 6. The number of anilines is 1. The molecule has 4 heterocycles. The molecule has 1 atom stereocenters. The normalized spacial score (nSPS) is 26.2. The summed E-state index contributed by atoms with van der Waals surface area (Å²) < 4.78 is 11.1. The van der Waals surface area contributed by atoms with Crippen molar-refractivity contribution in [1.29, 1.82) is 0 Å². The van der Waals surface area contributed by atoms with Crippen molar-refractivity contribution >= 4 is 34.2 Å². The standard InChI is InChI=1S/C31H35N5O3/c1-30(10-11-30)19-34-14-12-31(2,13-15-34)35-18-20(17-32-35)16-21-6-7-24-27-22(21)4-3-5-23(27)29(39)36(24)25-8-9-26(37)33-28(25)38/h3-7,17-18,25H,8-16,19H2,1-2H3,(H,33,37,38)/i25D. The van der Waals surface area contributed by atoms with E-state index in [0.29, 0.717) is 23.1 Å². The lowest BCUT2D eigenvalue weighted by Crippen LogP contribution is -2.53. The summed E-state index contributed by atoms with van der Waals surface area (Å²) in [6.07, 6.45) is 9.64. The second kappa shape index (κ2) is 8.74. The van der Waals surface area contributed by atoms with E-state index in [-0.39, 0.29) is 24.3 Å². The van der Waals surface area contributed by atoms with Crippen molar-refractivity contribution in [1.82, 2.24) is 20.0 Å². The van der Waals surface area contributed by atoms with Crippen molar-refractivity contribution in [2.45, 2.75) is 70.4 Å². The van der Waals surface area contributed by atoms with Gasteiger partial charge in [-0.25, -0.2) is 0 Å². The first-order chi connectivity index (χ1) is 19.1. The minimum absolute atomic E-state index is 0.00145. The van der Waals surface area contributed by atoms with Gasteiger partial charge in [0.1, 0.15) is 6.02 Å². The van der Waals surface area contributed by atoms with Crippen LogP contribution in [0.15, 0.2) is 42.7 Å². The zero-order valence-electron chi connectivity index (χ0n) is 23.6. The fourth-order valence-corrected chi connectivity index (χ4v) is 6.58. The summed E-state index contributed by atoms with van der Waals surface area (Å²) in [5.41, 5.74) is 3.75. The van der Waals surface area contributed by atoms with Gasteiger partial charge in [-0.3, -0.25) is 29.3 Å². The van der Waals surface area contributed by atoms with E-state index in [1.807, 2.05) is 30.5 Å². The molecule has 8 heteroatoms. The van der Waals surface area contributed by atoms with Gasteiger partial charge in [-0.15, -0.1) is 0 Å². The summed E-state index contributed by atoms with van der Waals surface area (Å²) in [4.78, 5) is 41.9. The van der Waals surface area contributed by atoms with Crippen LogP contribution in [0.2, 0.25) is 0 Å². The van der Waals surface area contributed by atoms with Crippen LogP contribution < -0.4 is 10.2 Å². The largest absolute Gasteiger partial charge is 0.303 e. The quantitative estimate of drug-likeness (QED) is 0.491. The second-order valence-corrected chi connectivity index (χ2v) is 12.5. The lowest BCUT2D eigenvalue weighted by molar-refractivity contribution is -0.134. The monoisotopic (exact) mass is 526 g/mol. The molecule has 8 nitrogen and oxygen atoms in total. The number of likely N-dealkylation sites (tertiary alicyclic amines) is 1. The third kappa shape index (κ3) is 4.16. The molecule has 2 aromatic carbocycles. The molecule has 202 valence electrons. The van der Waals surface area contributed by atoms with E-state index in [1.54, 1.807) is 6.07 Å². The maximum absolute atomic E-state index is 13.5. The molecule has 7 rings (SSSR count). The molecule has 1 aromatic heterocycles. The molecule has 3 aromatic rings. The summed E-state index contributed by atoms with van der Waals surface area (Å²) in [6.45, 7) is 8.12. The topological polar surface area (TPSA) is 87.5 Å². The highest BCUT2D eigenvalue weighted by Gasteiger charge is 2.42. The van der Waals surface area contributed by atoms with Crippen LogP contribution in [0, 0.1) is 5.41 Å². The number of benzene rings is 2. The molecule has 1 saturated carbocycles. The van der Waals surface area contributed by atoms with Gasteiger partial charge >= 0.3 is 0 Å². The number of hydrogen-bond acceptors (Lipinski definition) is 5. The van der Waals surface area contributed by atoms with Crippen molar-refractivity contribution in [2.24, 2.45) is 5.41 Å². The number of nitrogens with zero attached hydrogens (tertiary/aromatic N) is 4. The highest BCUT2D eigenvalue weighted by Crippen LogP contribution is 2.46. The molecule has 3 aliphatic heterocycles. The molecular formula is C31H35N5O3. The predicted molar refractivity (Wildman–Crippen MR) is 149 cm³/mol. The van der Waals surface area contributed by atoms with E-state index in [2.05, 4.69) is 34.9 Å². The highest BCUT2D eigenvalue weighted by molar-refractivity contribution is 6.27. The summed E-state index contributed by atoms with van der Waals surface area (Å²) in [6, 6.07) is 7.57. The van der Waals surface area contributed by atoms with E-state index in [1.165, 1.54) is 24.3 Å². The zero-order valence-corrected chi connectivity index (χ0v) is 22.6. The number of carbonyl (C=O) groups is 3. The van der Waals surface area contributed by atoms with Gasteiger partial charge < -0.3 is 4.90 Å². The number of imide groups is 1. The van der Waals surface area contributed by atoms with Gasteiger partial charge in [-0.1, -0.05) is 25.1 Å². The predicted octanol–water partition coefficient (Wildman–Crippen LogP) is 4.00. The van der Waals surface area contributed by atoms with Crippen LogP contribution in [0.5, 0.6) is 0 Å². The van der Waals surface area contributed by atoms with E-state index >= 15 is 0 Å². The minimum Gasteiger partial charge on any atom is -0.303 e. The molecule has 0 radical (unpaired) electrons. The molecule has 3 amide bonds. The van der Waals surface area contributed by atoms with Crippen LogP contribution >= 0.6 is 0 Å². The van der Waals surface area contributed by atoms with Crippen LogP contribution in [-0.4, -0.2) is 58.1 Å². The average molecular weight is 527 g/mol. The first-order valence-corrected chi connectivity index (χ1v) is 14.1. The van der Waals surface area contributed by atoms with Crippen molar-refractivity contribution in [3.63, 3.8) is 0 Å². The van der Waals surface area contributed by atoms with Gasteiger partial charge in [-0.2, -0.15) is 5.10 Å². The summed E-state index contributed by atoms with van der Waals surface area (Å²) in [5, 5.41) is 8.74. The summed E-state index contributed by atoms with van der Waals surface area (Å²) in [7, 11) is 0. The van der Waals surface area contributed by atoms with Crippen LogP contribution in [0.4, 0.5) is 5.69 Å². The Bertz CT molecular complexity index is 1570. The Balaban J connectivity index is 1.14. The Morgan fingerprint density at radius 2 is 1.87 bits per heavy atom. The Hall–Kier alpha value is -3.52. The number of nitrogens with one attached hydrogen (secondary N) is 1. The molecule has 0 bridgehead atoms. The molecule has 4 aliphatic rings. The first-order valence-electron chi connectivity index (χ1n) is 14.6. The van der Waals surface area contributed by atoms with Gasteiger partial charge in [-0.05, 0) is 73.1 Å². The average Bonchev–Trinajstić information content (AvgIpc) is 3.33. The van der Waals surface area contributed by atoms with Gasteiger partial charge in [0.2, 0.25) is 11.8 Å². The number of carbonyl (C=O) groups excluding carboxylic acids is 3. The van der Waals surface area contributed by atoms with Gasteiger partial charge in [0.15, 0.2) is 0 Å². The smallest absolute Gasteiger partial charge is 0.259 e. The summed E-state index contributed by atoms with van der Waals surface area (Å²) >= 11 is 0. The zero-order chi connectivity index (χ0) is 27.9. The Kier molecular flexibility index (Phi) is 5.24. The number of hydrogen-bond donors (Lipinski definition) is 1. The number of aromatic nitrogens is 2. The maximum atomic E-state index is 13.5. The lowest BCUT2D eigenvalue weighted by atomic mass is 9.89. The molecular weight excluding hydrogens is 490 g/mol. The van der Waals surface area contributed by atoms with Crippen molar-refractivity contribution < 1.29 is 15.8 Å². The molecule has 1 N–H and O–H groups in total. The SMILES string of the molecule is [2H]C1(N2C(=O)c3cccc4c(Cc5cnn(C6(C)CCN(CC7(C)CC7)CC6)c5)ccc2c34)CCC(=O)NC1=O. The van der Waals surface area contributed by atoms with E-state index in [9.17, 15) is 14.4 Å². The third-order valence-corrected chi connectivity index (χ3v) is 9.38. The number of piperidine rings is 2. The molecule has 39 heavy (non-hydrogen) atoms. The van der Waals surface area contributed by atoms with E-state index < -0.39 is 17.8 Å². The molecule has 0 spiro atoms. The lowest BCUT2D eigenvalue weighted by Gasteiger charge is -2.40. The molecule has 3 fully saturated rings. The Labute approximate surface area is 229 Å². The fourth-order valence-electron chi connectivity index (χ4n) is 6.58. The summed E-state index contributed by atoms with van der Waals surface area (Å²) in [5.74, 6) is -1.54. The van der Waals surface area contributed by atoms with Crippen LogP contribution in [0.3, 0.4) is 0 Å². The van der Waals surface area contributed by atoms with Crippen molar-refractivity contribution in [3.8, 4) is 0 Å². The highest BCUT2D eigenvalue weighted by atomic mass is 16.2. The molecule has 1 aliphatic carbocycles. The first kappa shape index (κ1) is 23.4. The van der Waals surface area contributed by atoms with Crippen LogP contribution in [0.1, 0.15) is 75.2 Å². The molecule has 2 saturated heterocycles. The van der Waals surface area contributed by atoms with Crippen molar-refractivity contribution in [2.75, 3.05) is 24.5 Å². The van der Waals surface area contributed by atoms with E-state index in [0.717, 1.165) is 47.8 Å². The fraction of sp³-hybridized carbons (Fsp3) is 0.484. The maximum Gasteiger partial charge on any atom is 0.259 e. The third-order valence-electron chi connectivity index (χ3n) is 9.38. The van der Waals surface area contributed by atoms with E-state index in [4.69, 9.17) is 6.47 Å². The Morgan fingerprint density at radius 3 is 2.62 bits per heavy atom. The second-order valence-electron chi connectivity index (χ2n) is 12.5. The van der Waals surface area contributed by atoms with Crippen LogP contribution in [-0.2, 0) is 21.5 Å². The Morgan fingerprint density at radius 1 is 1.08 bits per heavy atom. The van der Waals surface area contributed by atoms with Gasteiger partial charge in [0.25, 0.3) is 5.91 Å².